The summed E-state index contributed by atoms with van der Waals surface area (Å²) in [4.78, 5) is 41.8. The fourth-order valence-electron chi connectivity index (χ4n) is 4.82. The second-order valence-electron chi connectivity index (χ2n) is 9.78. The van der Waals surface area contributed by atoms with Gasteiger partial charge in [0.1, 0.15) is 16.3 Å². The predicted molar refractivity (Wildman–Crippen MR) is 154 cm³/mol. The summed E-state index contributed by atoms with van der Waals surface area (Å²) in [5.41, 5.74) is 0.641. The first-order valence-electron chi connectivity index (χ1n) is 13.1. The Bertz CT molecular complexity index is 1650. The van der Waals surface area contributed by atoms with Crippen molar-refractivity contribution in [1.82, 2.24) is 29.1 Å². The SMILES string of the molecule is Cc1sc2ncn(CC(=O)N[C@H](C)CCc3ccccc3)c(=O)c2c1S(=O)(=O)N1CCN(c2ncccn2)CC1. The second-order valence-corrected chi connectivity index (χ2v) is 12.9. The van der Waals surface area contributed by atoms with Crippen LogP contribution in [0.2, 0.25) is 0 Å². The van der Waals surface area contributed by atoms with Crippen LogP contribution < -0.4 is 15.8 Å². The van der Waals surface area contributed by atoms with Gasteiger partial charge in [-0.15, -0.1) is 11.3 Å². The highest BCUT2D eigenvalue weighted by atomic mass is 32.2. The van der Waals surface area contributed by atoms with Gasteiger partial charge in [0.25, 0.3) is 5.56 Å². The van der Waals surface area contributed by atoms with Crippen LogP contribution in [-0.2, 0) is 27.8 Å². The summed E-state index contributed by atoms with van der Waals surface area (Å²) < 4.78 is 30.1. The van der Waals surface area contributed by atoms with E-state index in [9.17, 15) is 18.0 Å². The van der Waals surface area contributed by atoms with E-state index in [1.54, 1.807) is 25.4 Å². The molecule has 0 spiro atoms. The summed E-state index contributed by atoms with van der Waals surface area (Å²) >= 11 is 1.16. The molecule has 1 amide bonds. The Balaban J connectivity index is 1.31. The number of rotatable bonds is 9. The van der Waals surface area contributed by atoms with E-state index in [4.69, 9.17) is 0 Å². The van der Waals surface area contributed by atoms with Crippen molar-refractivity contribution in [2.24, 2.45) is 0 Å². The van der Waals surface area contributed by atoms with Crippen molar-refractivity contribution >= 4 is 43.4 Å². The van der Waals surface area contributed by atoms with E-state index in [1.165, 1.54) is 20.8 Å². The largest absolute Gasteiger partial charge is 0.352 e. The number of carbonyl (C=O) groups excluding carboxylic acids is 1. The second kappa shape index (κ2) is 11.8. The first-order valence-corrected chi connectivity index (χ1v) is 15.3. The van der Waals surface area contributed by atoms with Crippen LogP contribution in [0.4, 0.5) is 5.95 Å². The molecular weight excluding hydrogens is 550 g/mol. The van der Waals surface area contributed by atoms with Crippen LogP contribution in [0.15, 0.2) is 64.8 Å². The maximum atomic E-state index is 13.8. The van der Waals surface area contributed by atoms with Gasteiger partial charge in [-0.3, -0.25) is 14.2 Å². The van der Waals surface area contributed by atoms with Crippen molar-refractivity contribution in [3.8, 4) is 0 Å². The number of sulfonamides is 1. The van der Waals surface area contributed by atoms with E-state index in [0.29, 0.717) is 28.7 Å². The topological polar surface area (TPSA) is 130 Å². The molecule has 1 fully saturated rings. The summed E-state index contributed by atoms with van der Waals surface area (Å²) in [6.45, 7) is 4.66. The number of benzene rings is 1. The molecule has 4 aromatic rings. The molecule has 1 aliphatic rings. The lowest BCUT2D eigenvalue weighted by Crippen LogP contribution is -2.49. The van der Waals surface area contributed by atoms with Gasteiger partial charge in [-0.05, 0) is 38.3 Å². The zero-order valence-corrected chi connectivity index (χ0v) is 24.0. The molecule has 40 heavy (non-hydrogen) atoms. The Morgan fingerprint density at radius 2 is 1.75 bits per heavy atom. The van der Waals surface area contributed by atoms with E-state index < -0.39 is 15.6 Å². The zero-order valence-electron chi connectivity index (χ0n) is 22.4. The molecule has 0 bridgehead atoms. The highest BCUT2D eigenvalue weighted by Crippen LogP contribution is 2.33. The van der Waals surface area contributed by atoms with Gasteiger partial charge < -0.3 is 10.2 Å². The third-order valence-electron chi connectivity index (χ3n) is 6.90. The molecular formula is C27H31N7O4S2. The van der Waals surface area contributed by atoms with Gasteiger partial charge in [-0.25, -0.2) is 23.4 Å². The van der Waals surface area contributed by atoms with Crippen LogP contribution in [0.25, 0.3) is 10.2 Å². The molecule has 13 heteroatoms. The van der Waals surface area contributed by atoms with E-state index >= 15 is 0 Å². The van der Waals surface area contributed by atoms with E-state index in [-0.39, 0.29) is 41.9 Å². The van der Waals surface area contributed by atoms with Gasteiger partial charge in [0.05, 0.1) is 11.7 Å². The molecule has 0 unspecified atom stereocenters. The number of aromatic nitrogens is 4. The molecule has 1 aromatic carbocycles. The minimum absolute atomic E-state index is 0.0274. The van der Waals surface area contributed by atoms with Crippen molar-refractivity contribution in [2.45, 2.75) is 44.2 Å². The summed E-state index contributed by atoms with van der Waals surface area (Å²) in [5.74, 6) is 0.218. The molecule has 4 heterocycles. The number of aryl methyl sites for hydroxylation is 2. The number of amides is 1. The Morgan fingerprint density at radius 1 is 1.05 bits per heavy atom. The molecule has 1 aliphatic heterocycles. The molecule has 0 radical (unpaired) electrons. The number of carbonyl (C=O) groups is 1. The monoisotopic (exact) mass is 581 g/mol. The van der Waals surface area contributed by atoms with Crippen molar-refractivity contribution < 1.29 is 13.2 Å². The fourth-order valence-corrected chi connectivity index (χ4v) is 7.91. The summed E-state index contributed by atoms with van der Waals surface area (Å²) in [7, 11) is -3.98. The Morgan fingerprint density at radius 3 is 2.45 bits per heavy atom. The molecule has 1 atom stereocenters. The number of piperazine rings is 1. The Labute approximate surface area is 236 Å². The molecule has 0 aliphatic carbocycles. The number of nitrogens with zero attached hydrogens (tertiary/aromatic N) is 6. The van der Waals surface area contributed by atoms with Crippen LogP contribution >= 0.6 is 11.3 Å². The Hall–Kier alpha value is -3.68. The number of anilines is 1. The number of hydrogen-bond acceptors (Lipinski definition) is 9. The minimum Gasteiger partial charge on any atom is -0.352 e. The lowest BCUT2D eigenvalue weighted by molar-refractivity contribution is -0.122. The molecule has 11 nitrogen and oxygen atoms in total. The third kappa shape index (κ3) is 5.91. The lowest BCUT2D eigenvalue weighted by Gasteiger charge is -2.33. The van der Waals surface area contributed by atoms with E-state index in [2.05, 4.69) is 20.3 Å². The van der Waals surface area contributed by atoms with Crippen molar-refractivity contribution in [3.63, 3.8) is 0 Å². The zero-order chi connectivity index (χ0) is 28.3. The van der Waals surface area contributed by atoms with Crippen LogP contribution in [0.1, 0.15) is 23.8 Å². The summed E-state index contributed by atoms with van der Waals surface area (Å²) in [6, 6.07) is 11.6. The van der Waals surface area contributed by atoms with Gasteiger partial charge in [0, 0.05) is 49.5 Å². The molecule has 5 rings (SSSR count). The quantitative estimate of drug-likeness (QED) is 0.318. The highest BCUT2D eigenvalue weighted by Gasteiger charge is 2.34. The van der Waals surface area contributed by atoms with Crippen LogP contribution in [0.3, 0.4) is 0 Å². The summed E-state index contributed by atoms with van der Waals surface area (Å²) in [6.07, 6.45) is 6.17. The third-order valence-corrected chi connectivity index (χ3v) is 10.1. The average molecular weight is 582 g/mol. The number of fused-ring (bicyclic) bond motifs is 1. The molecule has 1 N–H and O–H groups in total. The van der Waals surface area contributed by atoms with Gasteiger partial charge in [-0.2, -0.15) is 4.31 Å². The van der Waals surface area contributed by atoms with Crippen LogP contribution in [-0.4, -0.2) is 70.4 Å². The normalized spacial score (nSPS) is 15.3. The average Bonchev–Trinajstić information content (AvgIpc) is 3.32. The van der Waals surface area contributed by atoms with Crippen molar-refractivity contribution in [1.29, 1.82) is 0 Å². The van der Waals surface area contributed by atoms with Crippen molar-refractivity contribution in [3.05, 3.63) is 75.9 Å². The lowest BCUT2D eigenvalue weighted by atomic mass is 10.1. The Kier molecular flexibility index (Phi) is 8.24. The van der Waals surface area contributed by atoms with E-state index in [1.807, 2.05) is 42.2 Å². The van der Waals surface area contributed by atoms with Gasteiger partial charge in [0.15, 0.2) is 0 Å². The van der Waals surface area contributed by atoms with Crippen molar-refractivity contribution in [2.75, 3.05) is 31.1 Å². The standard InChI is InChI=1S/C27H31N7O4S2/c1-19(9-10-21-7-4-3-5-8-21)31-22(35)17-33-18-30-25-23(26(33)36)24(20(2)39-25)40(37,38)34-15-13-32(14-16-34)27-28-11-6-12-29-27/h3-8,11-12,18-19H,9-10,13-17H2,1-2H3,(H,31,35)/t19-/m1/s1. The van der Waals surface area contributed by atoms with E-state index in [0.717, 1.165) is 24.2 Å². The molecule has 3 aromatic heterocycles. The highest BCUT2D eigenvalue weighted by molar-refractivity contribution is 7.89. The predicted octanol–water partition coefficient (Wildman–Crippen LogP) is 2.20. The van der Waals surface area contributed by atoms with Gasteiger partial charge in [-0.1, -0.05) is 30.3 Å². The minimum atomic E-state index is -3.98. The maximum Gasteiger partial charge on any atom is 0.263 e. The maximum absolute atomic E-state index is 13.8. The first kappa shape index (κ1) is 27.9. The number of thiophene rings is 1. The fraction of sp³-hybridized carbons (Fsp3) is 0.370. The van der Waals surface area contributed by atoms with Gasteiger partial charge in [0.2, 0.25) is 21.9 Å². The number of nitrogens with one attached hydrogen (secondary N) is 1. The molecule has 1 saturated heterocycles. The smallest absolute Gasteiger partial charge is 0.263 e. The van der Waals surface area contributed by atoms with Gasteiger partial charge >= 0.3 is 0 Å². The summed E-state index contributed by atoms with van der Waals surface area (Å²) in [5, 5.41) is 2.96. The molecule has 0 saturated carbocycles. The molecule has 210 valence electrons. The van der Waals surface area contributed by atoms with Crippen LogP contribution in [0, 0.1) is 6.92 Å². The first-order chi connectivity index (χ1) is 19.2. The number of hydrogen-bond donors (Lipinski definition) is 1. The van der Waals surface area contributed by atoms with Crippen LogP contribution in [0.5, 0.6) is 0 Å².